The summed E-state index contributed by atoms with van der Waals surface area (Å²) in [6, 6.07) is 0. The molecule has 0 bridgehead atoms. The van der Waals surface area contributed by atoms with Crippen LogP contribution in [0.3, 0.4) is 0 Å². The van der Waals surface area contributed by atoms with E-state index in [0.717, 1.165) is 12.2 Å². The fourth-order valence-electron chi connectivity index (χ4n) is 1.57. The van der Waals surface area contributed by atoms with Gasteiger partial charge in [0.25, 0.3) is 0 Å². The second-order valence-electron chi connectivity index (χ2n) is 5.48. The van der Waals surface area contributed by atoms with E-state index < -0.39 is 0 Å². The molecule has 0 spiro atoms. The Hall–Kier alpha value is -1.40. The van der Waals surface area contributed by atoms with Crippen molar-refractivity contribution in [2.75, 3.05) is 25.2 Å². The lowest BCUT2D eigenvalue weighted by molar-refractivity contribution is 0.0803. The number of hydrogen-bond donors (Lipinski definition) is 2. The van der Waals surface area contributed by atoms with Gasteiger partial charge in [-0.1, -0.05) is 27.7 Å². The van der Waals surface area contributed by atoms with Gasteiger partial charge in [-0.25, -0.2) is 10.8 Å². The van der Waals surface area contributed by atoms with Crippen LogP contribution in [0.2, 0.25) is 0 Å². The second-order valence-corrected chi connectivity index (χ2v) is 5.48. The molecule has 0 unspecified atom stereocenters. The Morgan fingerprint density at radius 3 is 2.40 bits per heavy atom. The van der Waals surface area contributed by atoms with Crippen LogP contribution in [0.25, 0.3) is 0 Å². The number of aromatic nitrogens is 2. The van der Waals surface area contributed by atoms with Crippen molar-refractivity contribution in [1.82, 2.24) is 9.97 Å². The maximum absolute atomic E-state index is 5.68. The molecule has 1 aromatic heterocycles. The predicted molar refractivity (Wildman–Crippen MR) is 79.8 cm³/mol. The molecular weight excluding hydrogens is 256 g/mol. The zero-order valence-corrected chi connectivity index (χ0v) is 13.1. The molecule has 3 N–H and O–H groups in total. The predicted octanol–water partition coefficient (Wildman–Crippen LogP) is 2.25. The Morgan fingerprint density at radius 2 is 1.85 bits per heavy atom. The fourth-order valence-corrected chi connectivity index (χ4v) is 1.57. The van der Waals surface area contributed by atoms with Gasteiger partial charge in [0.2, 0.25) is 5.88 Å². The van der Waals surface area contributed by atoms with Gasteiger partial charge >= 0.3 is 0 Å². The van der Waals surface area contributed by atoms with Gasteiger partial charge in [0.1, 0.15) is 18.2 Å². The summed E-state index contributed by atoms with van der Waals surface area (Å²) < 4.78 is 11.2. The maximum Gasteiger partial charge on any atom is 0.221 e. The number of rotatable bonds is 8. The molecule has 0 aliphatic rings. The first-order valence-electron chi connectivity index (χ1n) is 7.01. The van der Waals surface area contributed by atoms with E-state index in [1.807, 2.05) is 20.8 Å². The topological polar surface area (TPSA) is 82.3 Å². The molecule has 6 nitrogen and oxygen atoms in total. The highest BCUT2D eigenvalue weighted by Gasteiger charge is 2.13. The Bertz CT molecular complexity index is 422. The Kier molecular flexibility index (Phi) is 6.67. The molecule has 114 valence electrons. The normalized spacial score (nSPS) is 11.2. The van der Waals surface area contributed by atoms with Crippen LogP contribution < -0.4 is 16.0 Å². The zero-order chi connectivity index (χ0) is 15.1. The summed E-state index contributed by atoms with van der Waals surface area (Å²) in [7, 11) is 0. The van der Waals surface area contributed by atoms with E-state index in [-0.39, 0.29) is 5.92 Å². The van der Waals surface area contributed by atoms with Crippen molar-refractivity contribution in [2.24, 2.45) is 11.8 Å². The van der Waals surface area contributed by atoms with E-state index in [0.29, 0.717) is 36.7 Å². The number of hydrogen-bond acceptors (Lipinski definition) is 6. The largest absolute Gasteiger partial charge is 0.475 e. The SMILES string of the molecule is Cc1c(NN)nc(C(C)C)nc1OCCOCC(C)C. The standard InChI is InChI=1S/C14H26N4O2/c1-9(2)8-19-6-7-20-14-11(5)13(18-15)16-12(17-14)10(3)4/h9-10H,6-8,15H2,1-5H3,(H,16,17,18). The van der Waals surface area contributed by atoms with Crippen LogP contribution in [0.1, 0.15) is 45.0 Å². The lowest BCUT2D eigenvalue weighted by Gasteiger charge is -2.14. The van der Waals surface area contributed by atoms with Crippen LogP contribution in [0.4, 0.5) is 5.82 Å². The van der Waals surface area contributed by atoms with Crippen molar-refractivity contribution >= 4 is 5.82 Å². The first-order chi connectivity index (χ1) is 9.45. The molecule has 0 saturated carbocycles. The molecule has 6 heteroatoms. The molecule has 0 saturated heterocycles. The van der Waals surface area contributed by atoms with E-state index in [9.17, 15) is 0 Å². The molecule has 0 aliphatic heterocycles. The molecule has 0 radical (unpaired) electrons. The molecular formula is C14H26N4O2. The molecule has 0 atom stereocenters. The molecule has 0 fully saturated rings. The van der Waals surface area contributed by atoms with E-state index in [2.05, 4.69) is 29.2 Å². The smallest absolute Gasteiger partial charge is 0.221 e. The molecule has 1 rings (SSSR count). The summed E-state index contributed by atoms with van der Waals surface area (Å²) in [5.41, 5.74) is 3.39. The van der Waals surface area contributed by atoms with Gasteiger partial charge in [-0.15, -0.1) is 0 Å². The Labute approximate surface area is 121 Å². The van der Waals surface area contributed by atoms with E-state index in [1.165, 1.54) is 0 Å². The highest BCUT2D eigenvalue weighted by atomic mass is 16.5. The third-order valence-corrected chi connectivity index (χ3v) is 2.69. The van der Waals surface area contributed by atoms with Crippen molar-refractivity contribution in [1.29, 1.82) is 0 Å². The van der Waals surface area contributed by atoms with Crippen LogP contribution in [0.15, 0.2) is 0 Å². The van der Waals surface area contributed by atoms with Gasteiger partial charge in [0.05, 0.1) is 12.2 Å². The highest BCUT2D eigenvalue weighted by molar-refractivity contribution is 5.47. The van der Waals surface area contributed by atoms with E-state index in [4.69, 9.17) is 15.3 Å². The van der Waals surface area contributed by atoms with Crippen molar-refractivity contribution in [2.45, 2.75) is 40.5 Å². The van der Waals surface area contributed by atoms with E-state index in [1.54, 1.807) is 0 Å². The quantitative estimate of drug-likeness (QED) is 0.432. The summed E-state index contributed by atoms with van der Waals surface area (Å²) in [6.07, 6.45) is 0. The highest BCUT2D eigenvalue weighted by Crippen LogP contribution is 2.24. The van der Waals surface area contributed by atoms with E-state index >= 15 is 0 Å². The Balaban J connectivity index is 2.66. The number of ether oxygens (including phenoxy) is 2. The van der Waals surface area contributed by atoms with Crippen LogP contribution in [-0.4, -0.2) is 29.8 Å². The lowest BCUT2D eigenvalue weighted by Crippen LogP contribution is -2.16. The van der Waals surface area contributed by atoms with Crippen molar-refractivity contribution in [3.63, 3.8) is 0 Å². The monoisotopic (exact) mass is 282 g/mol. The Morgan fingerprint density at radius 1 is 1.15 bits per heavy atom. The minimum absolute atomic E-state index is 0.210. The first-order valence-corrected chi connectivity index (χ1v) is 7.01. The molecule has 0 amide bonds. The zero-order valence-electron chi connectivity index (χ0n) is 13.1. The minimum atomic E-state index is 0.210. The van der Waals surface area contributed by atoms with Crippen molar-refractivity contribution in [3.05, 3.63) is 11.4 Å². The first kappa shape index (κ1) is 16.7. The third kappa shape index (κ3) is 4.94. The van der Waals surface area contributed by atoms with Crippen molar-refractivity contribution < 1.29 is 9.47 Å². The summed E-state index contributed by atoms with van der Waals surface area (Å²) in [6.45, 7) is 11.9. The van der Waals surface area contributed by atoms with Crippen LogP contribution in [0.5, 0.6) is 5.88 Å². The number of hydrazine groups is 1. The number of nitrogen functional groups attached to an aromatic ring is 1. The number of nitrogens with one attached hydrogen (secondary N) is 1. The van der Waals surface area contributed by atoms with Crippen LogP contribution >= 0.6 is 0 Å². The van der Waals surface area contributed by atoms with Gasteiger partial charge in [0.15, 0.2) is 0 Å². The lowest BCUT2D eigenvalue weighted by atomic mass is 10.2. The summed E-state index contributed by atoms with van der Waals surface area (Å²) in [4.78, 5) is 8.79. The van der Waals surface area contributed by atoms with Gasteiger partial charge in [-0.05, 0) is 12.8 Å². The third-order valence-electron chi connectivity index (χ3n) is 2.69. The molecule has 1 heterocycles. The van der Waals surface area contributed by atoms with Crippen molar-refractivity contribution in [3.8, 4) is 5.88 Å². The van der Waals surface area contributed by atoms with Gasteiger partial charge in [0, 0.05) is 12.5 Å². The summed E-state index contributed by atoms with van der Waals surface area (Å²) >= 11 is 0. The average Bonchev–Trinajstić information content (AvgIpc) is 2.39. The fraction of sp³-hybridized carbons (Fsp3) is 0.714. The number of nitrogens with two attached hydrogens (primary N) is 1. The molecule has 1 aromatic rings. The molecule has 0 aromatic carbocycles. The van der Waals surface area contributed by atoms with Crippen LogP contribution in [0, 0.1) is 12.8 Å². The van der Waals surface area contributed by atoms with Gasteiger partial charge < -0.3 is 14.9 Å². The summed E-state index contributed by atoms with van der Waals surface area (Å²) in [5, 5.41) is 0. The van der Waals surface area contributed by atoms with Gasteiger partial charge in [-0.2, -0.15) is 4.98 Å². The molecule has 0 aliphatic carbocycles. The second kappa shape index (κ2) is 8.01. The number of anilines is 1. The molecule has 20 heavy (non-hydrogen) atoms. The average molecular weight is 282 g/mol. The number of nitrogens with zero attached hydrogens (tertiary/aromatic N) is 2. The maximum atomic E-state index is 5.68. The van der Waals surface area contributed by atoms with Crippen LogP contribution in [-0.2, 0) is 4.74 Å². The van der Waals surface area contributed by atoms with Gasteiger partial charge in [-0.3, -0.25) is 0 Å². The summed E-state index contributed by atoms with van der Waals surface area (Å²) in [5.74, 6) is 8.08. The minimum Gasteiger partial charge on any atom is -0.475 e.